The summed E-state index contributed by atoms with van der Waals surface area (Å²) in [5, 5.41) is 14.1. The second kappa shape index (κ2) is 6.13. The Hall–Kier alpha value is -2.45. The van der Waals surface area contributed by atoms with E-state index in [9.17, 15) is 4.79 Å². The molecule has 0 bridgehead atoms. The standard InChI is InChI=1S/C15H13N3OS/c1-10-3-5-12(6-4-10)7-13(8-16)14(19)18-15-17-11(2)9-20-15/h3-7,9H,1-2H3,(H,17,18,19). The molecule has 5 heteroatoms. The molecule has 0 radical (unpaired) electrons. The summed E-state index contributed by atoms with van der Waals surface area (Å²) in [6.07, 6.45) is 1.56. The zero-order chi connectivity index (χ0) is 14.5. The summed E-state index contributed by atoms with van der Waals surface area (Å²) in [7, 11) is 0. The Labute approximate surface area is 121 Å². The number of amides is 1. The second-order valence-electron chi connectivity index (χ2n) is 4.33. The van der Waals surface area contributed by atoms with Crippen molar-refractivity contribution in [3.05, 3.63) is 52.0 Å². The molecule has 0 fully saturated rings. The molecule has 0 saturated heterocycles. The molecule has 2 aromatic rings. The highest BCUT2D eigenvalue weighted by molar-refractivity contribution is 7.13. The Bertz CT molecular complexity index is 693. The van der Waals surface area contributed by atoms with Crippen LogP contribution in [0.4, 0.5) is 5.13 Å². The number of hydrogen-bond donors (Lipinski definition) is 1. The van der Waals surface area contributed by atoms with Crippen molar-refractivity contribution in [2.75, 3.05) is 5.32 Å². The van der Waals surface area contributed by atoms with Gasteiger partial charge in [-0.15, -0.1) is 11.3 Å². The van der Waals surface area contributed by atoms with Crippen LogP contribution in [0.1, 0.15) is 16.8 Å². The molecule has 0 atom stereocenters. The lowest BCUT2D eigenvalue weighted by Gasteiger charge is -2.00. The lowest BCUT2D eigenvalue weighted by Crippen LogP contribution is -2.13. The lowest BCUT2D eigenvalue weighted by atomic mass is 10.1. The van der Waals surface area contributed by atoms with Crippen LogP contribution in [-0.4, -0.2) is 10.9 Å². The number of nitriles is 1. The van der Waals surface area contributed by atoms with Gasteiger partial charge >= 0.3 is 0 Å². The predicted octanol–water partition coefficient (Wildman–Crippen LogP) is 3.31. The molecule has 2 rings (SSSR count). The van der Waals surface area contributed by atoms with E-state index in [4.69, 9.17) is 5.26 Å². The van der Waals surface area contributed by atoms with Crippen LogP contribution in [-0.2, 0) is 4.79 Å². The quantitative estimate of drug-likeness (QED) is 0.694. The third-order valence-corrected chi connectivity index (χ3v) is 3.47. The molecule has 1 heterocycles. The first kappa shape index (κ1) is 14.0. The van der Waals surface area contributed by atoms with Crippen LogP contribution in [0.25, 0.3) is 6.08 Å². The highest BCUT2D eigenvalue weighted by atomic mass is 32.1. The molecule has 0 aliphatic rings. The minimum atomic E-state index is -0.442. The van der Waals surface area contributed by atoms with Gasteiger partial charge in [0.2, 0.25) is 0 Å². The van der Waals surface area contributed by atoms with Crippen molar-refractivity contribution in [3.63, 3.8) is 0 Å². The van der Waals surface area contributed by atoms with Crippen molar-refractivity contribution in [2.45, 2.75) is 13.8 Å². The molecule has 0 unspecified atom stereocenters. The fourth-order valence-corrected chi connectivity index (χ4v) is 2.24. The topological polar surface area (TPSA) is 65.8 Å². The van der Waals surface area contributed by atoms with Gasteiger partial charge in [0.1, 0.15) is 11.6 Å². The van der Waals surface area contributed by atoms with Gasteiger partial charge in [0.25, 0.3) is 5.91 Å². The van der Waals surface area contributed by atoms with Gasteiger partial charge in [0.15, 0.2) is 5.13 Å². The molecule has 0 spiro atoms. The van der Waals surface area contributed by atoms with E-state index < -0.39 is 5.91 Å². The Balaban J connectivity index is 2.17. The average Bonchev–Trinajstić information content (AvgIpc) is 2.83. The van der Waals surface area contributed by atoms with E-state index in [1.54, 1.807) is 6.08 Å². The van der Waals surface area contributed by atoms with Crippen molar-refractivity contribution < 1.29 is 4.79 Å². The van der Waals surface area contributed by atoms with Crippen LogP contribution in [0.3, 0.4) is 0 Å². The van der Waals surface area contributed by atoms with Gasteiger partial charge in [0, 0.05) is 5.38 Å². The molecule has 1 aromatic carbocycles. The number of benzene rings is 1. The summed E-state index contributed by atoms with van der Waals surface area (Å²) < 4.78 is 0. The average molecular weight is 283 g/mol. The molecule has 100 valence electrons. The first-order chi connectivity index (χ1) is 9.58. The third kappa shape index (κ3) is 3.53. The summed E-state index contributed by atoms with van der Waals surface area (Å²) in [5.41, 5.74) is 2.84. The van der Waals surface area contributed by atoms with Gasteiger partial charge in [-0.2, -0.15) is 5.26 Å². The minimum absolute atomic E-state index is 0.0571. The van der Waals surface area contributed by atoms with E-state index in [1.807, 2.05) is 49.6 Å². The molecule has 1 amide bonds. The Morgan fingerprint density at radius 3 is 2.60 bits per heavy atom. The van der Waals surface area contributed by atoms with Crippen LogP contribution in [0.15, 0.2) is 35.2 Å². The van der Waals surface area contributed by atoms with Crippen molar-refractivity contribution in [1.82, 2.24) is 4.98 Å². The van der Waals surface area contributed by atoms with Crippen LogP contribution in [0, 0.1) is 25.2 Å². The summed E-state index contributed by atoms with van der Waals surface area (Å²) in [5.74, 6) is -0.442. The maximum Gasteiger partial charge on any atom is 0.268 e. The van der Waals surface area contributed by atoms with Crippen molar-refractivity contribution in [2.24, 2.45) is 0 Å². The molecular formula is C15H13N3OS. The molecule has 0 saturated carbocycles. The number of nitrogens with zero attached hydrogens (tertiary/aromatic N) is 2. The van der Waals surface area contributed by atoms with E-state index in [-0.39, 0.29) is 5.57 Å². The van der Waals surface area contributed by atoms with Gasteiger partial charge in [-0.05, 0) is 25.5 Å². The molecule has 20 heavy (non-hydrogen) atoms. The van der Waals surface area contributed by atoms with E-state index >= 15 is 0 Å². The number of carbonyl (C=O) groups excluding carboxylic acids is 1. The van der Waals surface area contributed by atoms with Gasteiger partial charge < -0.3 is 0 Å². The monoisotopic (exact) mass is 283 g/mol. The van der Waals surface area contributed by atoms with Crippen LogP contribution in [0.2, 0.25) is 0 Å². The maximum absolute atomic E-state index is 12.0. The zero-order valence-electron chi connectivity index (χ0n) is 11.2. The third-order valence-electron chi connectivity index (χ3n) is 2.59. The Kier molecular flexibility index (Phi) is 4.28. The van der Waals surface area contributed by atoms with E-state index in [0.717, 1.165) is 16.8 Å². The predicted molar refractivity (Wildman–Crippen MR) is 80.2 cm³/mol. The zero-order valence-corrected chi connectivity index (χ0v) is 12.0. The normalized spacial score (nSPS) is 10.9. The summed E-state index contributed by atoms with van der Waals surface area (Å²) in [6.45, 7) is 3.83. The van der Waals surface area contributed by atoms with Gasteiger partial charge in [-0.25, -0.2) is 4.98 Å². The van der Waals surface area contributed by atoms with E-state index in [0.29, 0.717) is 5.13 Å². The maximum atomic E-state index is 12.0. The van der Waals surface area contributed by atoms with Crippen molar-refractivity contribution in [3.8, 4) is 6.07 Å². The van der Waals surface area contributed by atoms with E-state index in [1.165, 1.54) is 11.3 Å². The number of aryl methyl sites for hydroxylation is 2. The van der Waals surface area contributed by atoms with Gasteiger partial charge in [-0.3, -0.25) is 10.1 Å². The van der Waals surface area contributed by atoms with Gasteiger partial charge in [0.05, 0.1) is 5.69 Å². The van der Waals surface area contributed by atoms with Crippen LogP contribution in [0.5, 0.6) is 0 Å². The van der Waals surface area contributed by atoms with Crippen LogP contribution >= 0.6 is 11.3 Å². The first-order valence-electron chi connectivity index (χ1n) is 6.00. The Morgan fingerprint density at radius 2 is 2.05 bits per heavy atom. The van der Waals surface area contributed by atoms with Gasteiger partial charge in [-0.1, -0.05) is 29.8 Å². The molecule has 1 aromatic heterocycles. The smallest absolute Gasteiger partial charge is 0.268 e. The number of nitrogens with one attached hydrogen (secondary N) is 1. The summed E-state index contributed by atoms with van der Waals surface area (Å²) >= 11 is 1.33. The highest BCUT2D eigenvalue weighted by Gasteiger charge is 2.11. The molecule has 0 aliphatic heterocycles. The largest absolute Gasteiger partial charge is 0.297 e. The minimum Gasteiger partial charge on any atom is -0.297 e. The fourth-order valence-electron chi connectivity index (χ4n) is 1.55. The lowest BCUT2D eigenvalue weighted by molar-refractivity contribution is -0.112. The van der Waals surface area contributed by atoms with Crippen LogP contribution < -0.4 is 5.32 Å². The number of hydrogen-bond acceptors (Lipinski definition) is 4. The summed E-state index contributed by atoms with van der Waals surface area (Å²) in [6, 6.07) is 9.52. The number of thiazole rings is 1. The molecule has 1 N–H and O–H groups in total. The molecule has 4 nitrogen and oxygen atoms in total. The number of carbonyl (C=O) groups is 1. The fraction of sp³-hybridized carbons (Fsp3) is 0.133. The SMILES string of the molecule is Cc1ccc(C=C(C#N)C(=O)Nc2nc(C)cs2)cc1. The second-order valence-corrected chi connectivity index (χ2v) is 5.19. The molecular weight excluding hydrogens is 270 g/mol. The Morgan fingerprint density at radius 1 is 1.35 bits per heavy atom. The van der Waals surface area contributed by atoms with E-state index in [2.05, 4.69) is 10.3 Å². The highest BCUT2D eigenvalue weighted by Crippen LogP contribution is 2.16. The number of rotatable bonds is 3. The summed E-state index contributed by atoms with van der Waals surface area (Å²) in [4.78, 5) is 16.1. The molecule has 0 aliphatic carbocycles. The van der Waals surface area contributed by atoms with Crippen molar-refractivity contribution >= 4 is 28.5 Å². The number of aromatic nitrogens is 1. The first-order valence-corrected chi connectivity index (χ1v) is 6.88. The number of anilines is 1. The van der Waals surface area contributed by atoms with Crippen molar-refractivity contribution in [1.29, 1.82) is 5.26 Å².